The van der Waals surface area contributed by atoms with Crippen molar-refractivity contribution in [3.63, 3.8) is 0 Å². The monoisotopic (exact) mass is 546 g/mol. The zero-order chi connectivity index (χ0) is 28.4. The molecule has 1 saturated carbocycles. The Morgan fingerprint density at radius 3 is 2.20 bits per heavy atom. The maximum absolute atomic E-state index is 14.4. The van der Waals surface area contributed by atoms with Crippen molar-refractivity contribution >= 4 is 23.5 Å². The fraction of sp³-hybridized carbons (Fsp3) is 0.545. The van der Waals surface area contributed by atoms with Crippen LogP contribution in [0.15, 0.2) is 42.5 Å². The summed E-state index contributed by atoms with van der Waals surface area (Å²) in [5.41, 5.74) is 1.79. The van der Waals surface area contributed by atoms with Gasteiger partial charge in [-0.3, -0.25) is 19.7 Å². The molecule has 2 heterocycles. The minimum Gasteiger partial charge on any atom is -0.494 e. The van der Waals surface area contributed by atoms with E-state index in [1.807, 2.05) is 63.2 Å². The van der Waals surface area contributed by atoms with E-state index in [1.54, 1.807) is 0 Å². The molecule has 214 valence electrons. The Balaban J connectivity index is 1.61. The van der Waals surface area contributed by atoms with Crippen LogP contribution in [0.3, 0.4) is 0 Å². The highest BCUT2D eigenvalue weighted by Gasteiger charge is 2.69. The van der Waals surface area contributed by atoms with Gasteiger partial charge in [0.1, 0.15) is 11.3 Å². The van der Waals surface area contributed by atoms with E-state index in [4.69, 9.17) is 4.74 Å². The molecule has 2 amide bonds. The number of fused-ring (bicyclic) bond motifs is 1. The van der Waals surface area contributed by atoms with E-state index in [-0.39, 0.29) is 17.7 Å². The molecule has 7 nitrogen and oxygen atoms in total. The summed E-state index contributed by atoms with van der Waals surface area (Å²) in [6, 6.07) is 12.8. The molecule has 7 heteroatoms. The summed E-state index contributed by atoms with van der Waals surface area (Å²) in [4.78, 5) is 43.4. The summed E-state index contributed by atoms with van der Waals surface area (Å²) in [6.07, 6.45) is 7.78. The molecule has 3 fully saturated rings. The van der Waals surface area contributed by atoms with Gasteiger partial charge in [0, 0.05) is 6.04 Å². The summed E-state index contributed by atoms with van der Waals surface area (Å²) in [6.45, 7) is 6.68. The van der Waals surface area contributed by atoms with Crippen LogP contribution in [0.2, 0.25) is 0 Å². The number of carboxylic acids is 1. The first-order chi connectivity index (χ1) is 19.4. The molecule has 4 unspecified atom stereocenters. The lowest BCUT2D eigenvalue weighted by Gasteiger charge is -2.36. The van der Waals surface area contributed by atoms with Crippen molar-refractivity contribution in [2.45, 2.75) is 90.1 Å². The van der Waals surface area contributed by atoms with Crippen LogP contribution in [0.5, 0.6) is 5.75 Å². The third-order valence-corrected chi connectivity index (χ3v) is 9.27. The fourth-order valence-corrected chi connectivity index (χ4v) is 7.32. The van der Waals surface area contributed by atoms with Gasteiger partial charge < -0.3 is 9.84 Å². The molecule has 0 bridgehead atoms. The predicted octanol–water partition coefficient (Wildman–Crippen LogP) is 5.84. The maximum atomic E-state index is 14.4. The quantitative estimate of drug-likeness (QED) is 0.363. The van der Waals surface area contributed by atoms with E-state index in [0.29, 0.717) is 31.6 Å². The highest BCUT2D eigenvalue weighted by molar-refractivity contribution is 6.25. The maximum Gasteiger partial charge on any atom is 0.324 e. The van der Waals surface area contributed by atoms with Crippen molar-refractivity contribution in [2.24, 2.45) is 17.8 Å². The van der Waals surface area contributed by atoms with Gasteiger partial charge in [-0.25, -0.2) is 4.90 Å². The molecular weight excluding hydrogens is 504 g/mol. The summed E-state index contributed by atoms with van der Waals surface area (Å²) >= 11 is 0. The molecule has 0 spiro atoms. The van der Waals surface area contributed by atoms with E-state index < -0.39 is 29.4 Å². The molecule has 4 atom stereocenters. The Kier molecular flexibility index (Phi) is 8.31. The first-order valence-corrected chi connectivity index (χ1v) is 15.1. The van der Waals surface area contributed by atoms with Gasteiger partial charge in [0.15, 0.2) is 0 Å². The Hall–Kier alpha value is -3.19. The Bertz CT molecular complexity index is 1230. The van der Waals surface area contributed by atoms with Gasteiger partial charge in [0.05, 0.1) is 24.1 Å². The second-order valence-electron chi connectivity index (χ2n) is 11.7. The molecule has 2 N–H and O–H groups in total. The number of rotatable bonds is 10. The second kappa shape index (κ2) is 11.7. The van der Waals surface area contributed by atoms with Gasteiger partial charge in [-0.1, -0.05) is 83.2 Å². The van der Waals surface area contributed by atoms with Gasteiger partial charge >= 0.3 is 5.97 Å². The number of para-hydroxylation sites is 1. The molecule has 0 radical (unpaired) electrons. The number of carboxylic acid groups (broad SMARTS) is 1. The lowest BCUT2D eigenvalue weighted by Crippen LogP contribution is -2.57. The number of hydrogen-bond acceptors (Lipinski definition) is 5. The molecular formula is C33H42N2O5. The third kappa shape index (κ3) is 4.83. The summed E-state index contributed by atoms with van der Waals surface area (Å²) in [5, 5.41) is 14.3. The van der Waals surface area contributed by atoms with Crippen molar-refractivity contribution in [1.82, 2.24) is 5.32 Å². The zero-order valence-electron chi connectivity index (χ0n) is 23.9. The standard InChI is InChI=1S/C33H42N2O5/c1-4-19-40-25-17-15-24(16-18-25)28-26-27(33(34-28,32(38)39)20-21-11-8-7-9-12-21)31(37)35(30(26)36)29-22(5-2)13-10-14-23(29)6-3/h10,13-18,21,26-28,34H,4-9,11-12,19-20H2,1-3H3,(H,38,39). The largest absolute Gasteiger partial charge is 0.494 e. The van der Waals surface area contributed by atoms with Crippen LogP contribution in [0.4, 0.5) is 5.69 Å². The number of ether oxygens (including phenoxy) is 1. The van der Waals surface area contributed by atoms with Crippen LogP contribution in [0.1, 0.15) is 88.4 Å². The lowest BCUT2D eigenvalue weighted by atomic mass is 9.72. The number of anilines is 1. The van der Waals surface area contributed by atoms with Gasteiger partial charge in [-0.2, -0.15) is 0 Å². The van der Waals surface area contributed by atoms with Gasteiger partial charge in [-0.15, -0.1) is 0 Å². The van der Waals surface area contributed by atoms with E-state index >= 15 is 0 Å². The van der Waals surface area contributed by atoms with E-state index in [0.717, 1.165) is 61.0 Å². The number of carbonyl (C=O) groups is 3. The summed E-state index contributed by atoms with van der Waals surface area (Å²) in [7, 11) is 0. The molecule has 1 aliphatic carbocycles. The number of imide groups is 1. The molecule has 2 saturated heterocycles. The Labute approximate surface area is 237 Å². The predicted molar refractivity (Wildman–Crippen MR) is 154 cm³/mol. The SMILES string of the molecule is CCCOc1ccc(C2NC(CC3CCCCC3)(C(=O)O)C3C(=O)N(c4c(CC)cccc4CC)C(=O)C23)cc1. The number of aliphatic carboxylic acids is 1. The highest BCUT2D eigenvalue weighted by Crippen LogP contribution is 2.53. The second-order valence-corrected chi connectivity index (χ2v) is 11.7. The number of benzene rings is 2. The van der Waals surface area contributed by atoms with Gasteiger partial charge in [0.25, 0.3) is 0 Å². The average Bonchev–Trinajstić information content (AvgIpc) is 3.45. The van der Waals surface area contributed by atoms with Crippen LogP contribution in [-0.2, 0) is 27.2 Å². The lowest BCUT2D eigenvalue weighted by molar-refractivity contribution is -0.150. The van der Waals surface area contributed by atoms with Gasteiger partial charge in [0.2, 0.25) is 11.8 Å². The number of hydrogen-bond donors (Lipinski definition) is 2. The number of carbonyl (C=O) groups excluding carboxylic acids is 2. The molecule has 40 heavy (non-hydrogen) atoms. The minimum absolute atomic E-state index is 0.202. The number of nitrogens with one attached hydrogen (secondary N) is 1. The molecule has 2 aliphatic heterocycles. The summed E-state index contributed by atoms with van der Waals surface area (Å²) < 4.78 is 5.76. The highest BCUT2D eigenvalue weighted by atomic mass is 16.5. The van der Waals surface area contributed by atoms with Gasteiger partial charge in [-0.05, 0) is 60.4 Å². The van der Waals surface area contributed by atoms with Crippen LogP contribution < -0.4 is 15.0 Å². The minimum atomic E-state index is -1.51. The topological polar surface area (TPSA) is 95.9 Å². The fourth-order valence-electron chi connectivity index (χ4n) is 7.32. The van der Waals surface area contributed by atoms with Crippen molar-refractivity contribution < 1.29 is 24.2 Å². The van der Waals surface area contributed by atoms with E-state index in [9.17, 15) is 19.5 Å². The molecule has 0 aromatic heterocycles. The molecule has 3 aliphatic rings. The normalized spacial score (nSPS) is 26.8. The first kappa shape index (κ1) is 28.3. The third-order valence-electron chi connectivity index (χ3n) is 9.27. The molecule has 2 aromatic rings. The van der Waals surface area contributed by atoms with Crippen LogP contribution in [-0.4, -0.2) is 35.0 Å². The first-order valence-electron chi connectivity index (χ1n) is 15.1. The average molecular weight is 547 g/mol. The number of aryl methyl sites for hydroxylation is 2. The van der Waals surface area contributed by atoms with Crippen LogP contribution >= 0.6 is 0 Å². The Morgan fingerprint density at radius 2 is 1.62 bits per heavy atom. The zero-order valence-corrected chi connectivity index (χ0v) is 23.9. The Morgan fingerprint density at radius 1 is 0.975 bits per heavy atom. The van der Waals surface area contributed by atoms with Crippen molar-refractivity contribution in [3.8, 4) is 5.75 Å². The molecule has 2 aromatic carbocycles. The van der Waals surface area contributed by atoms with Crippen molar-refractivity contribution in [3.05, 3.63) is 59.2 Å². The molecule has 5 rings (SSSR count). The van der Waals surface area contributed by atoms with Crippen molar-refractivity contribution in [1.29, 1.82) is 0 Å². The number of amides is 2. The van der Waals surface area contributed by atoms with E-state index in [1.165, 1.54) is 4.90 Å². The smallest absolute Gasteiger partial charge is 0.324 e. The number of nitrogens with zero attached hydrogens (tertiary/aromatic N) is 1. The van der Waals surface area contributed by atoms with Crippen LogP contribution in [0.25, 0.3) is 0 Å². The van der Waals surface area contributed by atoms with E-state index in [2.05, 4.69) is 5.32 Å². The summed E-state index contributed by atoms with van der Waals surface area (Å²) in [5.74, 6) is -2.58. The van der Waals surface area contributed by atoms with Crippen LogP contribution in [0, 0.1) is 17.8 Å². The van der Waals surface area contributed by atoms with Crippen molar-refractivity contribution in [2.75, 3.05) is 11.5 Å².